The number of aryl methyl sites for hydroxylation is 1. The van der Waals surface area contributed by atoms with Crippen molar-refractivity contribution in [1.82, 2.24) is 0 Å². The first-order valence-electron chi connectivity index (χ1n) is 10.2. The van der Waals surface area contributed by atoms with Crippen LogP contribution in [-0.4, -0.2) is 25.1 Å². The van der Waals surface area contributed by atoms with E-state index in [9.17, 15) is 9.59 Å². The molecule has 0 unspecified atom stereocenters. The summed E-state index contributed by atoms with van der Waals surface area (Å²) in [5, 5.41) is 3.42. The highest BCUT2D eigenvalue weighted by atomic mass is 32.1. The lowest BCUT2D eigenvalue weighted by Crippen LogP contribution is -2.21. The normalized spacial score (nSPS) is 13.1. The van der Waals surface area contributed by atoms with Crippen LogP contribution in [0.25, 0.3) is 0 Å². The van der Waals surface area contributed by atoms with E-state index in [1.54, 1.807) is 6.92 Å². The molecule has 0 spiro atoms. The number of thiophene rings is 1. The summed E-state index contributed by atoms with van der Waals surface area (Å²) in [6.45, 7) is 8.56. The molecule has 29 heavy (non-hydrogen) atoms. The van der Waals surface area contributed by atoms with Gasteiger partial charge in [0.05, 0.1) is 12.2 Å². The Hall–Kier alpha value is -2.34. The van der Waals surface area contributed by atoms with Gasteiger partial charge in [0.2, 0.25) is 0 Å². The number of amides is 1. The second-order valence-corrected chi connectivity index (χ2v) is 8.99. The van der Waals surface area contributed by atoms with E-state index < -0.39 is 0 Å². The van der Waals surface area contributed by atoms with Crippen molar-refractivity contribution in [2.24, 2.45) is 0 Å². The van der Waals surface area contributed by atoms with E-state index in [1.165, 1.54) is 21.8 Å². The van der Waals surface area contributed by atoms with Gasteiger partial charge in [0.1, 0.15) is 10.8 Å². The maximum atomic E-state index is 12.4. The average Bonchev–Trinajstić information content (AvgIpc) is 3.27. The average molecular weight is 416 g/mol. The Morgan fingerprint density at radius 2 is 1.86 bits per heavy atom. The smallest absolute Gasteiger partial charge is 0.341 e. The molecule has 2 aromatic rings. The third-order valence-corrected chi connectivity index (χ3v) is 6.75. The molecular weight excluding hydrogens is 386 g/mol. The van der Waals surface area contributed by atoms with Crippen LogP contribution in [0.4, 0.5) is 5.00 Å². The molecule has 0 atom stereocenters. The Kier molecular flexibility index (Phi) is 6.63. The van der Waals surface area contributed by atoms with E-state index in [1.807, 2.05) is 24.3 Å². The quantitative estimate of drug-likeness (QED) is 0.608. The summed E-state index contributed by atoms with van der Waals surface area (Å²) < 4.78 is 10.8. The molecular formula is C23H29NO4S. The first-order valence-corrected chi connectivity index (χ1v) is 11.0. The highest BCUT2D eigenvalue weighted by molar-refractivity contribution is 7.17. The Balaban J connectivity index is 1.64. The molecule has 5 nitrogen and oxygen atoms in total. The van der Waals surface area contributed by atoms with Gasteiger partial charge in [0, 0.05) is 4.88 Å². The van der Waals surface area contributed by atoms with Crippen LogP contribution in [0.15, 0.2) is 24.3 Å². The highest BCUT2D eigenvalue weighted by Crippen LogP contribution is 2.39. The number of esters is 1. The summed E-state index contributed by atoms with van der Waals surface area (Å²) in [5.74, 6) is 0.000718. The molecule has 0 saturated carbocycles. The molecule has 3 rings (SSSR count). The van der Waals surface area contributed by atoms with Gasteiger partial charge in [0.25, 0.3) is 5.91 Å². The second-order valence-electron chi connectivity index (χ2n) is 7.88. The number of carbonyl (C=O) groups excluding carboxylic acids is 2. The monoisotopic (exact) mass is 415 g/mol. The minimum Gasteiger partial charge on any atom is -0.484 e. The van der Waals surface area contributed by atoms with E-state index in [-0.39, 0.29) is 23.9 Å². The molecule has 0 bridgehead atoms. The fraction of sp³-hybridized carbons (Fsp3) is 0.478. The van der Waals surface area contributed by atoms with Crippen molar-refractivity contribution in [2.45, 2.75) is 58.8 Å². The minimum absolute atomic E-state index is 0.110. The number of ether oxygens (including phenoxy) is 2. The van der Waals surface area contributed by atoms with Gasteiger partial charge in [-0.05, 0) is 61.3 Å². The molecule has 0 aliphatic heterocycles. The predicted molar refractivity (Wildman–Crippen MR) is 116 cm³/mol. The summed E-state index contributed by atoms with van der Waals surface area (Å²) in [7, 11) is 0. The Morgan fingerprint density at radius 3 is 2.52 bits per heavy atom. The van der Waals surface area contributed by atoms with Crippen LogP contribution < -0.4 is 10.1 Å². The van der Waals surface area contributed by atoms with Crippen molar-refractivity contribution in [2.75, 3.05) is 18.5 Å². The number of nitrogens with one attached hydrogen (secondary N) is 1. The van der Waals surface area contributed by atoms with E-state index in [2.05, 4.69) is 26.1 Å². The number of hydrogen-bond acceptors (Lipinski definition) is 5. The largest absolute Gasteiger partial charge is 0.484 e. The molecule has 0 saturated heterocycles. The molecule has 1 heterocycles. The van der Waals surface area contributed by atoms with Crippen molar-refractivity contribution in [3.8, 4) is 5.75 Å². The van der Waals surface area contributed by atoms with Gasteiger partial charge in [-0.15, -0.1) is 11.3 Å². The topological polar surface area (TPSA) is 64.6 Å². The summed E-state index contributed by atoms with van der Waals surface area (Å²) in [6.07, 6.45) is 3.88. The van der Waals surface area contributed by atoms with E-state index in [4.69, 9.17) is 9.47 Å². The number of anilines is 1. The first kappa shape index (κ1) is 21.4. The lowest BCUT2D eigenvalue weighted by molar-refractivity contribution is -0.118. The Morgan fingerprint density at radius 1 is 1.14 bits per heavy atom. The minimum atomic E-state index is -0.364. The lowest BCUT2D eigenvalue weighted by Gasteiger charge is -2.23. The summed E-state index contributed by atoms with van der Waals surface area (Å²) in [4.78, 5) is 26.0. The molecule has 1 aliphatic carbocycles. The molecule has 156 valence electrons. The number of rotatable bonds is 8. The van der Waals surface area contributed by atoms with Gasteiger partial charge in [-0.3, -0.25) is 4.79 Å². The molecule has 1 aromatic heterocycles. The third-order valence-electron chi connectivity index (χ3n) is 5.54. The third kappa shape index (κ3) is 4.81. The number of benzene rings is 1. The number of fused-ring (bicyclic) bond motifs is 1. The second kappa shape index (κ2) is 8.99. The number of carbonyl (C=O) groups is 2. The van der Waals surface area contributed by atoms with Crippen molar-refractivity contribution in [1.29, 1.82) is 0 Å². The zero-order chi connectivity index (χ0) is 21.0. The van der Waals surface area contributed by atoms with Gasteiger partial charge < -0.3 is 14.8 Å². The predicted octanol–water partition coefficient (Wildman–Crippen LogP) is 5.12. The Labute approximate surface area is 176 Å². The zero-order valence-electron chi connectivity index (χ0n) is 17.6. The zero-order valence-corrected chi connectivity index (χ0v) is 18.4. The molecule has 6 heteroatoms. The van der Waals surface area contributed by atoms with Crippen LogP contribution >= 0.6 is 11.3 Å². The fourth-order valence-electron chi connectivity index (χ4n) is 3.43. The molecule has 1 aliphatic rings. The fourth-order valence-corrected chi connectivity index (χ4v) is 4.72. The first-order chi connectivity index (χ1) is 13.9. The van der Waals surface area contributed by atoms with E-state index in [0.29, 0.717) is 22.9 Å². The van der Waals surface area contributed by atoms with E-state index >= 15 is 0 Å². The van der Waals surface area contributed by atoms with Gasteiger partial charge in [-0.25, -0.2) is 4.79 Å². The molecule has 1 amide bonds. The molecule has 0 fully saturated rings. The summed E-state index contributed by atoms with van der Waals surface area (Å²) in [6, 6.07) is 7.87. The maximum absolute atomic E-state index is 12.4. The van der Waals surface area contributed by atoms with Crippen LogP contribution in [0.1, 0.15) is 66.9 Å². The van der Waals surface area contributed by atoms with Crippen molar-refractivity contribution >= 4 is 28.2 Å². The van der Waals surface area contributed by atoms with Crippen molar-refractivity contribution < 1.29 is 19.1 Å². The molecule has 1 N–H and O–H groups in total. The van der Waals surface area contributed by atoms with Crippen LogP contribution in [-0.2, 0) is 27.8 Å². The maximum Gasteiger partial charge on any atom is 0.341 e. The lowest BCUT2D eigenvalue weighted by atomic mass is 9.82. The van der Waals surface area contributed by atoms with Crippen LogP contribution in [0, 0.1) is 0 Å². The standard InChI is InChI=1S/C23H29NO4S/c1-5-23(3,4)15-10-12-16(13-11-15)28-14-19(25)24-21-20(22(26)27-6-2)17-8-7-9-18(17)29-21/h10-13H,5-9,14H2,1-4H3,(H,24,25). The van der Waals surface area contributed by atoms with Gasteiger partial charge in [0.15, 0.2) is 6.61 Å². The summed E-state index contributed by atoms with van der Waals surface area (Å²) >= 11 is 1.47. The molecule has 1 aromatic carbocycles. The van der Waals surface area contributed by atoms with Crippen molar-refractivity contribution in [3.05, 3.63) is 45.8 Å². The van der Waals surface area contributed by atoms with Gasteiger partial charge in [-0.1, -0.05) is 32.9 Å². The SMILES string of the molecule is CCOC(=O)c1c(NC(=O)COc2ccc(C(C)(C)CC)cc2)sc2c1CCC2. The van der Waals surface area contributed by atoms with Crippen LogP contribution in [0.5, 0.6) is 5.75 Å². The van der Waals surface area contributed by atoms with E-state index in [0.717, 1.165) is 31.2 Å². The van der Waals surface area contributed by atoms with Crippen molar-refractivity contribution in [3.63, 3.8) is 0 Å². The summed E-state index contributed by atoms with van der Waals surface area (Å²) in [5.41, 5.74) is 2.89. The number of hydrogen-bond donors (Lipinski definition) is 1. The van der Waals surface area contributed by atoms with Crippen LogP contribution in [0.3, 0.4) is 0 Å². The van der Waals surface area contributed by atoms with Gasteiger partial charge >= 0.3 is 5.97 Å². The Bertz CT molecular complexity index is 883. The highest BCUT2D eigenvalue weighted by Gasteiger charge is 2.28. The molecule has 0 radical (unpaired) electrons. The van der Waals surface area contributed by atoms with Gasteiger partial charge in [-0.2, -0.15) is 0 Å². The van der Waals surface area contributed by atoms with Crippen LogP contribution in [0.2, 0.25) is 0 Å².